The smallest absolute Gasteiger partial charge is 0.433 e. The van der Waals surface area contributed by atoms with Gasteiger partial charge in [-0.2, -0.15) is 13.2 Å². The van der Waals surface area contributed by atoms with Gasteiger partial charge in [-0.3, -0.25) is 0 Å². The van der Waals surface area contributed by atoms with Gasteiger partial charge in [-0.15, -0.1) is 0 Å². The molecule has 0 spiro atoms. The Morgan fingerprint density at radius 2 is 2.05 bits per heavy atom. The van der Waals surface area contributed by atoms with E-state index in [-0.39, 0.29) is 11.2 Å². The summed E-state index contributed by atoms with van der Waals surface area (Å²) in [6, 6.07) is 5.73. The van der Waals surface area contributed by atoms with E-state index in [1.807, 2.05) is 6.92 Å². The third-order valence-corrected chi connectivity index (χ3v) is 2.59. The van der Waals surface area contributed by atoms with Crippen molar-refractivity contribution in [1.29, 1.82) is 0 Å². The normalized spacial score (nSPS) is 11.8. The lowest BCUT2D eigenvalue weighted by Crippen LogP contribution is -2.09. The Bertz CT molecular complexity index is 596. The predicted molar refractivity (Wildman–Crippen MR) is 66.9 cm³/mol. The predicted octanol–water partition coefficient (Wildman–Crippen LogP) is 3.62. The molecule has 3 nitrogen and oxygen atoms in total. The fraction of sp³-hybridized carbons (Fsp3) is 0.308. The first-order valence-electron chi connectivity index (χ1n) is 5.82. The summed E-state index contributed by atoms with van der Waals surface area (Å²) in [4.78, 5) is 3.63. The van der Waals surface area contributed by atoms with Crippen molar-refractivity contribution in [3.05, 3.63) is 30.0 Å². The molecule has 0 aliphatic carbocycles. The van der Waals surface area contributed by atoms with E-state index >= 15 is 0 Å². The van der Waals surface area contributed by atoms with Gasteiger partial charge in [0.05, 0.1) is 6.61 Å². The van der Waals surface area contributed by atoms with Gasteiger partial charge < -0.3 is 10.5 Å². The largest absolute Gasteiger partial charge is 0.491 e. The summed E-state index contributed by atoms with van der Waals surface area (Å²) in [5.41, 5.74) is 4.83. The van der Waals surface area contributed by atoms with Gasteiger partial charge in [0.1, 0.15) is 17.0 Å². The van der Waals surface area contributed by atoms with Gasteiger partial charge in [-0.1, -0.05) is 19.1 Å². The highest BCUT2D eigenvalue weighted by molar-refractivity contribution is 5.94. The number of nitrogens with two attached hydrogens (primary N) is 1. The molecule has 0 atom stereocenters. The number of aromatic nitrogens is 1. The lowest BCUT2D eigenvalue weighted by molar-refractivity contribution is -0.140. The number of benzene rings is 1. The molecule has 0 aliphatic heterocycles. The van der Waals surface area contributed by atoms with Crippen LogP contribution in [-0.4, -0.2) is 11.6 Å². The number of anilines is 1. The van der Waals surface area contributed by atoms with Crippen molar-refractivity contribution in [3.8, 4) is 5.75 Å². The Labute approximate surface area is 108 Å². The van der Waals surface area contributed by atoms with Gasteiger partial charge in [0, 0.05) is 11.1 Å². The number of rotatable bonds is 3. The molecule has 102 valence electrons. The zero-order valence-corrected chi connectivity index (χ0v) is 10.3. The van der Waals surface area contributed by atoms with Crippen molar-refractivity contribution in [3.63, 3.8) is 0 Å². The van der Waals surface area contributed by atoms with Crippen molar-refractivity contribution < 1.29 is 17.9 Å². The molecule has 0 radical (unpaired) electrons. The van der Waals surface area contributed by atoms with E-state index in [1.54, 1.807) is 18.2 Å². The van der Waals surface area contributed by atoms with Crippen molar-refractivity contribution in [2.75, 3.05) is 12.3 Å². The Kier molecular flexibility index (Phi) is 3.50. The first-order chi connectivity index (χ1) is 8.93. The minimum Gasteiger partial charge on any atom is -0.491 e. The van der Waals surface area contributed by atoms with Crippen LogP contribution >= 0.6 is 0 Å². The topological polar surface area (TPSA) is 48.1 Å². The fourth-order valence-electron chi connectivity index (χ4n) is 1.72. The van der Waals surface area contributed by atoms with Crippen molar-refractivity contribution in [2.24, 2.45) is 0 Å². The van der Waals surface area contributed by atoms with Gasteiger partial charge >= 0.3 is 6.18 Å². The van der Waals surface area contributed by atoms with Gasteiger partial charge in [0.25, 0.3) is 0 Å². The first-order valence-corrected chi connectivity index (χ1v) is 5.82. The van der Waals surface area contributed by atoms with E-state index in [1.165, 1.54) is 0 Å². The maximum Gasteiger partial charge on any atom is 0.433 e. The highest BCUT2D eigenvalue weighted by atomic mass is 19.4. The van der Waals surface area contributed by atoms with E-state index in [4.69, 9.17) is 10.5 Å². The summed E-state index contributed by atoms with van der Waals surface area (Å²) in [7, 11) is 0. The first kappa shape index (κ1) is 13.5. The number of hydrogen-bond donors (Lipinski definition) is 1. The minimum absolute atomic E-state index is 0.0410. The number of fused-ring (bicyclic) bond motifs is 1. The summed E-state index contributed by atoms with van der Waals surface area (Å²) in [5, 5.41) is 0.460. The zero-order valence-electron chi connectivity index (χ0n) is 10.3. The van der Waals surface area contributed by atoms with Gasteiger partial charge in [0.2, 0.25) is 0 Å². The summed E-state index contributed by atoms with van der Waals surface area (Å²) in [5.74, 6) is 0.317. The van der Waals surface area contributed by atoms with Crippen LogP contribution in [0.25, 0.3) is 10.9 Å². The summed E-state index contributed by atoms with van der Waals surface area (Å²) < 4.78 is 43.6. The third-order valence-electron chi connectivity index (χ3n) is 2.59. The average molecular weight is 270 g/mol. The molecule has 0 fully saturated rings. The van der Waals surface area contributed by atoms with Crippen LogP contribution in [0.5, 0.6) is 5.75 Å². The Balaban J connectivity index is 2.62. The molecule has 0 bridgehead atoms. The minimum atomic E-state index is -4.53. The second kappa shape index (κ2) is 4.95. The van der Waals surface area contributed by atoms with E-state index < -0.39 is 11.9 Å². The maximum atomic E-state index is 12.7. The molecule has 6 heteroatoms. The molecule has 1 aromatic heterocycles. The standard InChI is InChI=1S/C13H13F3N2O/c1-2-6-19-10-5-3-4-8-9(17)7-11(13(14,15)16)18-12(8)10/h3-5,7H,2,6H2,1H3,(H2,17,18). The number of halogens is 3. The monoisotopic (exact) mass is 270 g/mol. The number of hydrogen-bond acceptors (Lipinski definition) is 3. The Hall–Kier alpha value is -1.98. The number of alkyl halides is 3. The number of nitrogen functional groups attached to an aromatic ring is 1. The quantitative estimate of drug-likeness (QED) is 0.926. The van der Waals surface area contributed by atoms with Crippen LogP contribution < -0.4 is 10.5 Å². The van der Waals surface area contributed by atoms with Crippen molar-refractivity contribution in [2.45, 2.75) is 19.5 Å². The average Bonchev–Trinajstić information content (AvgIpc) is 2.35. The van der Waals surface area contributed by atoms with Gasteiger partial charge in [-0.25, -0.2) is 4.98 Å². The fourth-order valence-corrected chi connectivity index (χ4v) is 1.72. The van der Waals surface area contributed by atoms with Crippen molar-refractivity contribution in [1.82, 2.24) is 4.98 Å². The van der Waals surface area contributed by atoms with Crippen molar-refractivity contribution >= 4 is 16.6 Å². The lowest BCUT2D eigenvalue weighted by Gasteiger charge is -2.12. The van der Waals surface area contributed by atoms with E-state index in [0.717, 1.165) is 12.5 Å². The molecule has 19 heavy (non-hydrogen) atoms. The highest BCUT2D eigenvalue weighted by Crippen LogP contribution is 2.34. The second-order valence-electron chi connectivity index (χ2n) is 4.10. The maximum absolute atomic E-state index is 12.7. The number of para-hydroxylation sites is 1. The van der Waals surface area contributed by atoms with Gasteiger partial charge in [-0.05, 0) is 18.6 Å². The summed E-state index contributed by atoms with van der Waals surface area (Å²) >= 11 is 0. The molecule has 1 aromatic carbocycles. The second-order valence-corrected chi connectivity index (χ2v) is 4.10. The third kappa shape index (κ3) is 2.72. The molecule has 1 heterocycles. The molecular formula is C13H13F3N2O. The Morgan fingerprint density at radius 3 is 2.68 bits per heavy atom. The van der Waals surface area contributed by atoms with Crippen LogP contribution in [0, 0.1) is 0 Å². The van der Waals surface area contributed by atoms with E-state index in [0.29, 0.717) is 17.7 Å². The van der Waals surface area contributed by atoms with Crippen LogP contribution in [0.3, 0.4) is 0 Å². The summed E-state index contributed by atoms with van der Waals surface area (Å²) in [6.45, 7) is 2.32. The lowest BCUT2D eigenvalue weighted by atomic mass is 10.1. The number of ether oxygens (including phenoxy) is 1. The van der Waals surface area contributed by atoms with Crippen LogP contribution in [-0.2, 0) is 6.18 Å². The molecule has 2 rings (SSSR count). The molecule has 0 amide bonds. The molecule has 2 N–H and O–H groups in total. The molecule has 0 saturated heterocycles. The molecule has 0 aliphatic rings. The number of pyridine rings is 1. The molecule has 2 aromatic rings. The van der Waals surface area contributed by atoms with E-state index in [2.05, 4.69) is 4.98 Å². The van der Waals surface area contributed by atoms with Crippen LogP contribution in [0.1, 0.15) is 19.0 Å². The van der Waals surface area contributed by atoms with Crippen LogP contribution in [0.15, 0.2) is 24.3 Å². The molecule has 0 saturated carbocycles. The molecular weight excluding hydrogens is 257 g/mol. The zero-order chi connectivity index (χ0) is 14.0. The molecule has 0 unspecified atom stereocenters. The Morgan fingerprint density at radius 1 is 1.32 bits per heavy atom. The number of nitrogens with zero attached hydrogens (tertiary/aromatic N) is 1. The highest BCUT2D eigenvalue weighted by Gasteiger charge is 2.33. The summed E-state index contributed by atoms with van der Waals surface area (Å²) in [6.07, 6.45) is -3.77. The van der Waals surface area contributed by atoms with Crippen LogP contribution in [0.2, 0.25) is 0 Å². The SMILES string of the molecule is CCCOc1cccc2c(N)cc(C(F)(F)F)nc12. The van der Waals surface area contributed by atoms with Crippen LogP contribution in [0.4, 0.5) is 18.9 Å². The van der Waals surface area contributed by atoms with E-state index in [9.17, 15) is 13.2 Å². The van der Waals surface area contributed by atoms with Gasteiger partial charge in [0.15, 0.2) is 0 Å².